The molecule has 0 fully saturated rings. The van der Waals surface area contributed by atoms with Crippen molar-refractivity contribution in [1.82, 2.24) is 0 Å². The summed E-state index contributed by atoms with van der Waals surface area (Å²) < 4.78 is 144. The number of hydrogen-bond acceptors (Lipinski definition) is 18. The second-order valence-electron chi connectivity index (χ2n) is 11.7. The van der Waals surface area contributed by atoms with E-state index >= 15 is 0 Å². The van der Waals surface area contributed by atoms with Crippen molar-refractivity contribution in [2.24, 2.45) is 20.5 Å². The number of anilines is 2. The van der Waals surface area contributed by atoms with E-state index in [4.69, 9.17) is 11.5 Å². The summed E-state index contributed by atoms with van der Waals surface area (Å²) in [6.45, 7) is 0. The first-order valence-corrected chi connectivity index (χ1v) is 21.0. The number of hydrogen-bond donors (Lipinski definition) is 2. The van der Waals surface area contributed by atoms with Crippen LogP contribution in [0.25, 0.3) is 33.7 Å². The van der Waals surface area contributed by atoms with E-state index in [1.54, 1.807) is 0 Å². The predicted molar refractivity (Wildman–Crippen MR) is 199 cm³/mol. The van der Waals surface area contributed by atoms with Gasteiger partial charge < -0.3 is 29.7 Å². The Morgan fingerprint density at radius 1 is 0.400 bits per heavy atom. The van der Waals surface area contributed by atoms with Crippen molar-refractivity contribution < 1.29 is 170 Å². The topological polar surface area (TPSA) is 330 Å². The zero-order valence-electron chi connectivity index (χ0n) is 31.9. The van der Waals surface area contributed by atoms with E-state index in [-0.39, 0.29) is 185 Å². The van der Waals surface area contributed by atoms with E-state index in [9.17, 15) is 51.9 Å². The second kappa shape index (κ2) is 21.1. The van der Waals surface area contributed by atoms with Crippen LogP contribution in [-0.2, 0) is 40.5 Å². The molecule has 0 aliphatic heterocycles. The Morgan fingerprint density at radius 3 is 1.05 bits per heavy atom. The van der Waals surface area contributed by atoms with Crippen molar-refractivity contribution in [3.05, 3.63) is 108 Å². The molecule has 18 nitrogen and oxygen atoms in total. The van der Waals surface area contributed by atoms with Gasteiger partial charge in [0, 0.05) is 21.5 Å². The fourth-order valence-electron chi connectivity index (χ4n) is 5.59. The molecule has 60 heavy (non-hydrogen) atoms. The van der Waals surface area contributed by atoms with Crippen molar-refractivity contribution in [2.75, 3.05) is 11.5 Å². The maximum atomic E-state index is 12.3. The van der Waals surface area contributed by atoms with Gasteiger partial charge in [-0.25, -0.2) is 33.7 Å². The Bertz CT molecular complexity index is 2980. The quantitative estimate of drug-likeness (QED) is 0.0425. The number of nitrogens with two attached hydrogens (primary N) is 2. The molecule has 0 aromatic heterocycles. The maximum Gasteiger partial charge on any atom is 1.00 e. The summed E-state index contributed by atoms with van der Waals surface area (Å²) in [5.41, 5.74) is 11.2. The molecule has 0 spiro atoms. The summed E-state index contributed by atoms with van der Waals surface area (Å²) in [5, 5.41) is 16.2. The Labute approximate surface area is 432 Å². The van der Waals surface area contributed by atoms with Gasteiger partial charge >= 0.3 is 118 Å². The van der Waals surface area contributed by atoms with Crippen molar-refractivity contribution >= 4 is 108 Å². The Kier molecular flexibility index (Phi) is 19.1. The molecule has 0 saturated carbocycles. The van der Waals surface area contributed by atoms with Crippen LogP contribution in [0.2, 0.25) is 0 Å². The molecule has 4 N–H and O–H groups in total. The summed E-state index contributed by atoms with van der Waals surface area (Å²) in [6.07, 6.45) is 2.12. The van der Waals surface area contributed by atoms with Gasteiger partial charge in [-0.05, 0) is 59.7 Å². The average Bonchev–Trinajstić information content (AvgIpc) is 3.11. The van der Waals surface area contributed by atoms with Crippen LogP contribution in [0.3, 0.4) is 0 Å². The van der Waals surface area contributed by atoms with Crippen LogP contribution in [0.15, 0.2) is 137 Å². The first-order chi connectivity index (χ1) is 26.1. The summed E-state index contributed by atoms with van der Waals surface area (Å²) in [7, 11) is -20.2. The number of azo groups is 2. The van der Waals surface area contributed by atoms with Gasteiger partial charge in [0.25, 0.3) is 0 Å². The van der Waals surface area contributed by atoms with Crippen molar-refractivity contribution in [3.63, 3.8) is 0 Å². The molecule has 0 unspecified atom stereocenters. The average molecular weight is 927 g/mol. The third kappa shape index (κ3) is 12.4. The zero-order valence-corrected chi connectivity index (χ0v) is 43.1. The fraction of sp³-hybridized carbons (Fsp3) is 0. The van der Waals surface area contributed by atoms with Gasteiger partial charge in [-0.2, -0.15) is 10.2 Å². The largest absolute Gasteiger partial charge is 1.00 e. The maximum absolute atomic E-state index is 12.3. The smallest absolute Gasteiger partial charge is 0.744 e. The second-order valence-corrected chi connectivity index (χ2v) is 17.1. The van der Waals surface area contributed by atoms with E-state index in [1.165, 1.54) is 60.7 Å². The van der Waals surface area contributed by atoms with Gasteiger partial charge in [0.2, 0.25) is 0 Å². The van der Waals surface area contributed by atoms with Crippen molar-refractivity contribution in [2.45, 2.75) is 19.6 Å². The Morgan fingerprint density at radius 2 is 0.733 bits per heavy atom. The van der Waals surface area contributed by atoms with Gasteiger partial charge in [-0.3, -0.25) is 0 Å². The molecular weight excluding hydrogens is 905 g/mol. The number of rotatable bonds is 10. The number of fused-ring (bicyclic) bond motifs is 2. The number of nitrogen functional groups attached to an aromatic ring is 2. The third-order valence-electron chi connectivity index (χ3n) is 8.09. The molecule has 0 aliphatic rings. The molecular formula is C34H22N6Na4O12S4. The summed E-state index contributed by atoms with van der Waals surface area (Å²) in [6, 6.07) is 19.4. The van der Waals surface area contributed by atoms with Crippen molar-refractivity contribution in [1.29, 1.82) is 0 Å². The minimum absolute atomic E-state index is 0. The first kappa shape index (κ1) is 54.2. The molecule has 0 amide bonds. The number of nitrogens with zero attached hydrogens (tertiary/aromatic N) is 4. The summed E-state index contributed by atoms with van der Waals surface area (Å²) in [4.78, 5) is -2.68. The molecule has 0 bridgehead atoms. The minimum Gasteiger partial charge on any atom is -0.744 e. The summed E-state index contributed by atoms with van der Waals surface area (Å²) in [5.74, 6) is 0. The van der Waals surface area contributed by atoms with E-state index in [0.29, 0.717) is 0 Å². The molecule has 0 atom stereocenters. The van der Waals surface area contributed by atoms with Gasteiger partial charge in [0.05, 0.1) is 42.3 Å². The summed E-state index contributed by atoms with van der Waals surface area (Å²) >= 11 is 0. The fourth-order valence-corrected chi connectivity index (χ4v) is 8.36. The molecule has 0 aliphatic carbocycles. The van der Waals surface area contributed by atoms with E-state index in [2.05, 4.69) is 20.5 Å². The molecule has 6 rings (SSSR count). The SMILES string of the molecule is Nc1ccc2c(S(=O)(=O)[O-])cccc2c1N=Nc1ccc(/C=C/c2ccc(N=Nc3c(N)ccc4c(S(=O)(=O)[O-])cccc34)cc2S(=O)(=O)[O-])c(S(=O)(=O)[O-])c1.[Na+].[Na+].[Na+].[Na+]. The van der Waals surface area contributed by atoms with E-state index in [0.717, 1.165) is 48.6 Å². The number of benzene rings is 6. The molecule has 288 valence electrons. The van der Waals surface area contributed by atoms with Crippen LogP contribution in [0, 0.1) is 0 Å². The van der Waals surface area contributed by atoms with Gasteiger partial charge in [0.15, 0.2) is 0 Å². The van der Waals surface area contributed by atoms with Crippen molar-refractivity contribution in [3.8, 4) is 0 Å². The van der Waals surface area contributed by atoms with Gasteiger partial charge in [0.1, 0.15) is 51.8 Å². The Hall–Kier alpha value is -1.98. The minimum atomic E-state index is -5.21. The molecule has 0 heterocycles. The van der Waals surface area contributed by atoms with Crippen LogP contribution in [0.4, 0.5) is 34.1 Å². The van der Waals surface area contributed by atoms with Gasteiger partial charge in [-0.15, -0.1) is 10.2 Å². The molecule has 0 radical (unpaired) electrons. The van der Waals surface area contributed by atoms with Crippen LogP contribution in [-0.4, -0.2) is 51.9 Å². The molecule has 0 saturated heterocycles. The van der Waals surface area contributed by atoms with E-state index < -0.39 is 60.1 Å². The van der Waals surface area contributed by atoms with Crippen LogP contribution < -0.4 is 130 Å². The predicted octanol–water partition coefficient (Wildman–Crippen LogP) is -6.21. The third-order valence-corrected chi connectivity index (χ3v) is 11.7. The van der Waals surface area contributed by atoms with E-state index in [1.807, 2.05) is 0 Å². The normalized spacial score (nSPS) is 12.3. The van der Waals surface area contributed by atoms with Crippen LogP contribution in [0.1, 0.15) is 11.1 Å². The molecule has 26 heteroatoms. The zero-order chi connectivity index (χ0) is 40.8. The first-order valence-electron chi connectivity index (χ1n) is 15.4. The monoisotopic (exact) mass is 926 g/mol. The molecule has 6 aromatic rings. The Balaban J connectivity index is 0.00000310. The van der Waals surface area contributed by atoms with Gasteiger partial charge in [-0.1, -0.05) is 60.7 Å². The van der Waals surface area contributed by atoms with Crippen LogP contribution >= 0.6 is 0 Å². The van der Waals surface area contributed by atoms with Crippen LogP contribution in [0.5, 0.6) is 0 Å². The standard InChI is InChI=1S/C34H26N6O12S4.4Na/c35-27-15-13-23-25(3-1-5-29(23)53(41,42)43)33(27)39-37-21-11-9-19(31(17-21)55(47,48)49)7-8-20-10-12-22(18-32(20)56(50,51)52)38-40-34-26-4-2-6-30(54(44,45)46)24(26)14-16-28(34)36;;;;/h1-18H,35-36H2,(H,41,42,43)(H,44,45,46)(H,47,48,49)(H,50,51,52);;;;/q;4*+1/p-4/b8-7+,39-37?,40-38?;;;;. The molecule has 6 aromatic carbocycles.